The summed E-state index contributed by atoms with van der Waals surface area (Å²) >= 11 is 0. The summed E-state index contributed by atoms with van der Waals surface area (Å²) in [4.78, 5) is 16.7. The zero-order valence-electron chi connectivity index (χ0n) is 4.33. The van der Waals surface area contributed by atoms with E-state index in [4.69, 9.17) is 15.3 Å². The van der Waals surface area contributed by atoms with Gasteiger partial charge in [0.15, 0.2) is 0 Å². The van der Waals surface area contributed by atoms with Crippen molar-refractivity contribution in [1.82, 2.24) is 0 Å². The highest BCUT2D eigenvalue weighted by Gasteiger charge is 2.03. The fourth-order valence-electron chi connectivity index (χ4n) is 0.333. The number of hydrogen-bond acceptors (Lipinski definition) is 3. The van der Waals surface area contributed by atoms with E-state index in [0.717, 1.165) is 0 Å². The SMILES string of the molecule is CC(N)C[SiH](O)O. The third-order valence-corrected chi connectivity index (χ3v) is 1.75. The van der Waals surface area contributed by atoms with Crippen LogP contribution in [0.3, 0.4) is 0 Å². The Morgan fingerprint density at radius 2 is 2.14 bits per heavy atom. The van der Waals surface area contributed by atoms with Gasteiger partial charge in [0.2, 0.25) is 0 Å². The molecule has 1 unspecified atom stereocenters. The first-order chi connectivity index (χ1) is 3.13. The topological polar surface area (TPSA) is 66.5 Å². The van der Waals surface area contributed by atoms with Crippen LogP contribution in [0.2, 0.25) is 6.04 Å². The second kappa shape index (κ2) is 3.14. The van der Waals surface area contributed by atoms with Crippen molar-refractivity contribution in [3.63, 3.8) is 0 Å². The predicted molar refractivity (Wildman–Crippen MR) is 30.0 cm³/mol. The van der Waals surface area contributed by atoms with Crippen LogP contribution in [0.5, 0.6) is 0 Å². The summed E-state index contributed by atoms with van der Waals surface area (Å²) in [5, 5.41) is 0. The summed E-state index contributed by atoms with van der Waals surface area (Å²) in [6.45, 7) is 1.76. The lowest BCUT2D eigenvalue weighted by Crippen LogP contribution is -2.24. The second-order valence-corrected chi connectivity index (χ2v) is 3.13. The van der Waals surface area contributed by atoms with Crippen LogP contribution in [-0.4, -0.2) is 24.9 Å². The molecule has 0 radical (unpaired) electrons. The molecular weight excluding hydrogens is 110 g/mol. The molecule has 0 saturated heterocycles. The Kier molecular flexibility index (Phi) is 3.19. The van der Waals surface area contributed by atoms with Crippen molar-refractivity contribution < 1.29 is 9.59 Å². The Morgan fingerprint density at radius 3 is 2.14 bits per heavy atom. The molecule has 0 aromatic carbocycles. The summed E-state index contributed by atoms with van der Waals surface area (Å²) in [6, 6.07) is 0.326. The molecule has 0 rings (SSSR count). The Hall–Kier alpha value is 0.0969. The van der Waals surface area contributed by atoms with Crippen LogP contribution in [0, 0.1) is 0 Å². The van der Waals surface area contributed by atoms with Crippen LogP contribution in [0.25, 0.3) is 0 Å². The maximum atomic E-state index is 8.34. The summed E-state index contributed by atoms with van der Waals surface area (Å²) in [7, 11) is -2.35. The zero-order chi connectivity index (χ0) is 5.86. The standard InChI is InChI=1S/C3H11NO2Si/c1-3(4)2-7(5)6/h3,5-7H,2,4H2,1H3. The lowest BCUT2D eigenvalue weighted by atomic mass is 10.4. The van der Waals surface area contributed by atoms with Gasteiger partial charge in [0, 0.05) is 12.1 Å². The normalized spacial score (nSPS) is 15.0. The molecule has 1 atom stereocenters. The fourth-order valence-corrected chi connectivity index (χ4v) is 0.998. The largest absolute Gasteiger partial charge is 0.413 e. The highest BCUT2D eigenvalue weighted by Crippen LogP contribution is 1.86. The number of rotatable bonds is 2. The highest BCUT2D eigenvalue weighted by atomic mass is 28.3. The number of nitrogens with two attached hydrogens (primary N) is 1. The van der Waals surface area contributed by atoms with Crippen molar-refractivity contribution in [3.8, 4) is 0 Å². The van der Waals surface area contributed by atoms with Gasteiger partial charge in [-0.25, -0.2) is 0 Å². The number of hydrogen-bond donors (Lipinski definition) is 3. The molecule has 0 saturated carbocycles. The molecule has 3 nitrogen and oxygen atoms in total. The quantitative estimate of drug-likeness (QED) is 0.391. The molecule has 44 valence electrons. The molecule has 0 aliphatic carbocycles. The van der Waals surface area contributed by atoms with Crippen LogP contribution in [0.1, 0.15) is 6.92 Å². The van der Waals surface area contributed by atoms with E-state index in [1.807, 2.05) is 0 Å². The van der Waals surface area contributed by atoms with Gasteiger partial charge in [0.05, 0.1) is 0 Å². The van der Waals surface area contributed by atoms with Crippen LogP contribution >= 0.6 is 0 Å². The van der Waals surface area contributed by atoms with Gasteiger partial charge in [0.1, 0.15) is 0 Å². The molecule has 4 heteroatoms. The maximum Gasteiger partial charge on any atom is 0.317 e. The first kappa shape index (κ1) is 7.10. The first-order valence-electron chi connectivity index (χ1n) is 2.24. The third-order valence-electron chi connectivity index (χ3n) is 0.583. The van der Waals surface area contributed by atoms with E-state index in [9.17, 15) is 0 Å². The summed E-state index contributed by atoms with van der Waals surface area (Å²) < 4.78 is 0. The smallest absolute Gasteiger partial charge is 0.317 e. The lowest BCUT2D eigenvalue weighted by Gasteiger charge is -2.01. The van der Waals surface area contributed by atoms with Crippen LogP contribution in [0.4, 0.5) is 0 Å². The average molecular weight is 121 g/mol. The van der Waals surface area contributed by atoms with Gasteiger partial charge >= 0.3 is 9.28 Å². The Balaban J connectivity index is 2.95. The van der Waals surface area contributed by atoms with Crippen LogP contribution in [0.15, 0.2) is 0 Å². The minimum absolute atomic E-state index is 0.0633. The summed E-state index contributed by atoms with van der Waals surface area (Å²) in [5.41, 5.74) is 5.21. The monoisotopic (exact) mass is 121 g/mol. The third kappa shape index (κ3) is 6.10. The lowest BCUT2D eigenvalue weighted by molar-refractivity contribution is 0.400. The molecule has 7 heavy (non-hydrogen) atoms. The van der Waals surface area contributed by atoms with E-state index in [2.05, 4.69) is 0 Å². The first-order valence-corrected chi connectivity index (χ1v) is 4.09. The van der Waals surface area contributed by atoms with Gasteiger partial charge in [-0.1, -0.05) is 6.92 Å². The van der Waals surface area contributed by atoms with Gasteiger partial charge in [-0.2, -0.15) is 0 Å². The molecule has 0 aromatic rings. The predicted octanol–water partition coefficient (Wildman–Crippen LogP) is -1.46. The molecule has 4 N–H and O–H groups in total. The van der Waals surface area contributed by atoms with Crippen molar-refractivity contribution in [1.29, 1.82) is 0 Å². The molecule has 0 aliphatic heterocycles. The molecular formula is C3H11NO2Si. The molecule has 0 aliphatic rings. The molecule has 0 amide bonds. The van der Waals surface area contributed by atoms with Gasteiger partial charge in [-0.3, -0.25) is 0 Å². The van der Waals surface area contributed by atoms with Crippen molar-refractivity contribution in [2.24, 2.45) is 5.73 Å². The van der Waals surface area contributed by atoms with Crippen molar-refractivity contribution >= 4 is 9.28 Å². The summed E-state index contributed by atoms with van der Waals surface area (Å²) in [5.74, 6) is 0. The minimum Gasteiger partial charge on any atom is -0.413 e. The van der Waals surface area contributed by atoms with E-state index in [1.165, 1.54) is 0 Å². The van der Waals surface area contributed by atoms with E-state index >= 15 is 0 Å². The molecule has 0 aromatic heterocycles. The van der Waals surface area contributed by atoms with Gasteiger partial charge in [-0.05, 0) is 0 Å². The molecule has 0 heterocycles. The van der Waals surface area contributed by atoms with Gasteiger partial charge < -0.3 is 15.3 Å². The Morgan fingerprint density at radius 1 is 1.71 bits per heavy atom. The second-order valence-electron chi connectivity index (χ2n) is 1.69. The Labute approximate surface area is 44.6 Å². The van der Waals surface area contributed by atoms with Crippen LogP contribution in [-0.2, 0) is 0 Å². The van der Waals surface area contributed by atoms with Gasteiger partial charge in [-0.15, -0.1) is 0 Å². The van der Waals surface area contributed by atoms with E-state index < -0.39 is 9.28 Å². The van der Waals surface area contributed by atoms with Crippen molar-refractivity contribution in [3.05, 3.63) is 0 Å². The minimum atomic E-state index is -2.35. The van der Waals surface area contributed by atoms with E-state index in [1.54, 1.807) is 6.92 Å². The van der Waals surface area contributed by atoms with Crippen molar-refractivity contribution in [2.75, 3.05) is 0 Å². The van der Waals surface area contributed by atoms with Crippen molar-refractivity contribution in [2.45, 2.75) is 19.0 Å². The molecule has 0 fully saturated rings. The average Bonchev–Trinajstić information content (AvgIpc) is 1.27. The summed E-state index contributed by atoms with van der Waals surface area (Å²) in [6.07, 6.45) is 0. The highest BCUT2D eigenvalue weighted by molar-refractivity contribution is 6.41. The van der Waals surface area contributed by atoms with Crippen LogP contribution < -0.4 is 5.73 Å². The zero-order valence-corrected chi connectivity index (χ0v) is 5.49. The molecule has 0 spiro atoms. The van der Waals surface area contributed by atoms with E-state index in [-0.39, 0.29) is 6.04 Å². The fraction of sp³-hybridized carbons (Fsp3) is 1.00. The maximum absolute atomic E-state index is 8.34. The van der Waals surface area contributed by atoms with E-state index in [0.29, 0.717) is 6.04 Å². The van der Waals surface area contributed by atoms with Gasteiger partial charge in [0.25, 0.3) is 0 Å². The molecule has 0 bridgehead atoms. The Bertz CT molecular complexity index is 42.2.